The van der Waals surface area contributed by atoms with Crippen LogP contribution in [-0.4, -0.2) is 32.8 Å². The molecule has 194 valence electrons. The molecular formula is C29H39NO5Si. The van der Waals surface area contributed by atoms with Crippen LogP contribution in [0, 0.1) is 0 Å². The van der Waals surface area contributed by atoms with Crippen molar-refractivity contribution >= 4 is 25.2 Å². The standard InChI is InChI=1S/C29H39NO5Si/c1-18(2)36(19(3)4,20(5)6)35-16-21-9-11-23-24(15-30(7)25(23)13-21)28(29(31)32-8)22-10-12-26-27(14-22)34-17-33-26/h9-15,18-20,28H,16-17H2,1-8H3. The number of nitrogens with zero attached hydrogens (tertiary/aromatic N) is 1. The lowest BCUT2D eigenvalue weighted by molar-refractivity contribution is -0.141. The highest BCUT2D eigenvalue weighted by Gasteiger charge is 2.45. The van der Waals surface area contributed by atoms with Crippen LogP contribution in [0.1, 0.15) is 64.2 Å². The van der Waals surface area contributed by atoms with Crippen LogP contribution in [0.15, 0.2) is 42.6 Å². The van der Waals surface area contributed by atoms with Gasteiger partial charge in [0.2, 0.25) is 15.1 Å². The Labute approximate surface area is 215 Å². The van der Waals surface area contributed by atoms with E-state index < -0.39 is 14.2 Å². The maximum Gasteiger partial charge on any atom is 0.317 e. The van der Waals surface area contributed by atoms with Crippen molar-refractivity contribution < 1.29 is 23.4 Å². The molecule has 1 unspecified atom stereocenters. The van der Waals surface area contributed by atoms with E-state index in [0.29, 0.717) is 34.7 Å². The van der Waals surface area contributed by atoms with Gasteiger partial charge in [0.05, 0.1) is 13.7 Å². The van der Waals surface area contributed by atoms with Crippen molar-refractivity contribution in [2.24, 2.45) is 7.05 Å². The van der Waals surface area contributed by atoms with Crippen molar-refractivity contribution in [1.29, 1.82) is 0 Å². The van der Waals surface area contributed by atoms with Crippen molar-refractivity contribution in [3.05, 3.63) is 59.3 Å². The summed E-state index contributed by atoms with van der Waals surface area (Å²) in [6, 6.07) is 12.0. The van der Waals surface area contributed by atoms with E-state index in [1.807, 2.05) is 31.4 Å². The molecule has 4 rings (SSSR count). The molecule has 0 saturated carbocycles. The Morgan fingerprint density at radius 1 is 0.972 bits per heavy atom. The number of benzene rings is 2. The molecule has 0 fully saturated rings. The molecule has 3 aromatic rings. The first-order valence-electron chi connectivity index (χ1n) is 12.8. The van der Waals surface area contributed by atoms with Crippen molar-refractivity contribution in [3.8, 4) is 11.5 Å². The van der Waals surface area contributed by atoms with Crippen molar-refractivity contribution in [3.63, 3.8) is 0 Å². The molecule has 36 heavy (non-hydrogen) atoms. The van der Waals surface area contributed by atoms with Gasteiger partial charge in [0, 0.05) is 24.1 Å². The fourth-order valence-electron chi connectivity index (χ4n) is 6.14. The Kier molecular flexibility index (Phi) is 7.53. The first-order valence-corrected chi connectivity index (χ1v) is 14.9. The lowest BCUT2D eigenvalue weighted by atomic mass is 9.90. The molecule has 6 nitrogen and oxygen atoms in total. The minimum atomic E-state index is -1.97. The highest BCUT2D eigenvalue weighted by molar-refractivity contribution is 6.77. The zero-order chi connectivity index (χ0) is 26.2. The van der Waals surface area contributed by atoms with Gasteiger partial charge in [-0.2, -0.15) is 0 Å². The first kappa shape index (κ1) is 26.3. The summed E-state index contributed by atoms with van der Waals surface area (Å²) in [5, 5.41) is 1.02. The van der Waals surface area contributed by atoms with Gasteiger partial charge in [-0.05, 0) is 51.5 Å². The summed E-state index contributed by atoms with van der Waals surface area (Å²) < 4.78 is 25.2. The van der Waals surface area contributed by atoms with E-state index in [1.54, 1.807) is 0 Å². The van der Waals surface area contributed by atoms with E-state index in [-0.39, 0.29) is 12.8 Å². The zero-order valence-corrected chi connectivity index (χ0v) is 23.8. The zero-order valence-electron chi connectivity index (χ0n) is 22.8. The number of hydrogen-bond donors (Lipinski definition) is 0. The molecule has 0 N–H and O–H groups in total. The molecule has 0 aliphatic carbocycles. The third-order valence-electron chi connectivity index (χ3n) is 7.76. The van der Waals surface area contributed by atoms with Gasteiger partial charge in [-0.1, -0.05) is 59.7 Å². The highest BCUT2D eigenvalue weighted by atomic mass is 28.4. The molecule has 1 aromatic heterocycles. The smallest absolute Gasteiger partial charge is 0.317 e. The largest absolute Gasteiger partial charge is 0.468 e. The number of carbonyl (C=O) groups excluding carboxylic acids is 1. The summed E-state index contributed by atoms with van der Waals surface area (Å²) in [6.07, 6.45) is 2.02. The number of esters is 1. The molecular weight excluding hydrogens is 470 g/mol. The normalized spacial score (nSPS) is 14.3. The fraction of sp³-hybridized carbons (Fsp3) is 0.483. The monoisotopic (exact) mass is 509 g/mol. The summed E-state index contributed by atoms with van der Waals surface area (Å²) in [6.45, 7) is 14.6. The quantitative estimate of drug-likeness (QED) is 0.232. The van der Waals surface area contributed by atoms with E-state index in [4.69, 9.17) is 18.6 Å². The van der Waals surface area contributed by atoms with Gasteiger partial charge in [-0.25, -0.2) is 0 Å². The maximum atomic E-state index is 13.0. The van der Waals surface area contributed by atoms with Gasteiger partial charge in [-0.3, -0.25) is 4.79 Å². The number of ether oxygens (including phenoxy) is 3. The Morgan fingerprint density at radius 3 is 2.28 bits per heavy atom. The van der Waals surface area contributed by atoms with Crippen LogP contribution in [0.3, 0.4) is 0 Å². The summed E-state index contributed by atoms with van der Waals surface area (Å²) in [5.74, 6) is 0.455. The van der Waals surface area contributed by atoms with Gasteiger partial charge in [0.1, 0.15) is 5.92 Å². The third kappa shape index (κ3) is 4.55. The van der Waals surface area contributed by atoms with Crippen LogP contribution in [-0.2, 0) is 27.6 Å². The Morgan fingerprint density at radius 2 is 1.64 bits per heavy atom. The Hall–Kier alpha value is -2.77. The average Bonchev–Trinajstić information content (AvgIpc) is 3.43. The number of carbonyl (C=O) groups is 1. The summed E-state index contributed by atoms with van der Waals surface area (Å²) >= 11 is 0. The van der Waals surface area contributed by atoms with Gasteiger partial charge in [0.15, 0.2) is 11.5 Å². The summed E-state index contributed by atoms with van der Waals surface area (Å²) in [5.41, 5.74) is 5.52. The van der Waals surface area contributed by atoms with E-state index in [2.05, 4.69) is 64.3 Å². The lowest BCUT2D eigenvalue weighted by Gasteiger charge is -2.42. The molecule has 2 aromatic carbocycles. The molecule has 1 atom stereocenters. The SMILES string of the molecule is COC(=O)C(c1ccc2c(c1)OCO2)c1cn(C)c2cc(CO[Si](C(C)C)(C(C)C)C(C)C)ccc12. The molecule has 1 aliphatic rings. The van der Waals surface area contributed by atoms with Gasteiger partial charge in [0.25, 0.3) is 0 Å². The number of aryl methyl sites for hydroxylation is 1. The van der Waals surface area contributed by atoms with Gasteiger partial charge < -0.3 is 23.2 Å². The lowest BCUT2D eigenvalue weighted by Crippen LogP contribution is -2.47. The van der Waals surface area contributed by atoms with Crippen molar-refractivity contribution in [1.82, 2.24) is 4.57 Å². The second-order valence-electron chi connectivity index (χ2n) is 10.7. The number of rotatable bonds is 9. The molecule has 2 heterocycles. The van der Waals surface area contributed by atoms with E-state index in [1.165, 1.54) is 7.11 Å². The predicted octanol–water partition coefficient (Wildman–Crippen LogP) is 6.90. The Bertz CT molecular complexity index is 1220. The van der Waals surface area contributed by atoms with Gasteiger partial charge >= 0.3 is 5.97 Å². The molecule has 0 saturated heterocycles. The Balaban J connectivity index is 1.70. The topological polar surface area (TPSA) is 58.9 Å². The second-order valence-corrected chi connectivity index (χ2v) is 16.2. The van der Waals surface area contributed by atoms with Crippen LogP contribution in [0.2, 0.25) is 16.6 Å². The number of hydrogen-bond acceptors (Lipinski definition) is 5. The maximum absolute atomic E-state index is 13.0. The third-order valence-corrected chi connectivity index (χ3v) is 13.8. The summed E-state index contributed by atoms with van der Waals surface area (Å²) in [4.78, 5) is 13.0. The minimum absolute atomic E-state index is 0.190. The predicted molar refractivity (Wildman–Crippen MR) is 145 cm³/mol. The van der Waals surface area contributed by atoms with Crippen LogP contribution in [0.25, 0.3) is 10.9 Å². The van der Waals surface area contributed by atoms with Crippen LogP contribution < -0.4 is 9.47 Å². The molecule has 0 spiro atoms. The second kappa shape index (κ2) is 10.3. The number of aromatic nitrogens is 1. The van der Waals surface area contributed by atoms with Crippen molar-refractivity contribution in [2.45, 2.75) is 70.7 Å². The molecule has 0 bridgehead atoms. The molecule has 1 aliphatic heterocycles. The molecule has 7 heteroatoms. The van der Waals surface area contributed by atoms with Crippen LogP contribution >= 0.6 is 0 Å². The van der Waals surface area contributed by atoms with Crippen LogP contribution in [0.4, 0.5) is 0 Å². The number of methoxy groups -OCH3 is 1. The fourth-order valence-corrected chi connectivity index (χ4v) is 11.6. The molecule has 0 radical (unpaired) electrons. The highest BCUT2D eigenvalue weighted by Crippen LogP contribution is 2.43. The minimum Gasteiger partial charge on any atom is -0.468 e. The van der Waals surface area contributed by atoms with E-state index in [0.717, 1.165) is 27.6 Å². The molecule has 0 amide bonds. The number of fused-ring (bicyclic) bond motifs is 2. The summed E-state index contributed by atoms with van der Waals surface area (Å²) in [7, 11) is 1.47. The van der Waals surface area contributed by atoms with E-state index in [9.17, 15) is 4.79 Å². The van der Waals surface area contributed by atoms with Gasteiger partial charge in [-0.15, -0.1) is 0 Å². The average molecular weight is 510 g/mol. The van der Waals surface area contributed by atoms with Crippen LogP contribution in [0.5, 0.6) is 11.5 Å². The first-order chi connectivity index (χ1) is 17.1. The van der Waals surface area contributed by atoms with E-state index >= 15 is 0 Å². The van der Waals surface area contributed by atoms with Crippen molar-refractivity contribution in [2.75, 3.05) is 13.9 Å².